The number of carbonyl (C=O) groups is 1. The SMILES string of the molecule is CCOC(=O)C(C)Sc1ccc2nnc(-c3ccc(OC)c(OC)c3)n2n1. The molecule has 0 aliphatic heterocycles. The fourth-order valence-electron chi connectivity index (χ4n) is 2.48. The third kappa shape index (κ3) is 3.97. The van der Waals surface area contributed by atoms with Crippen LogP contribution in [-0.2, 0) is 9.53 Å². The zero-order valence-corrected chi connectivity index (χ0v) is 16.3. The zero-order chi connectivity index (χ0) is 19.4. The molecule has 0 bridgehead atoms. The van der Waals surface area contributed by atoms with Crippen LogP contribution in [0.3, 0.4) is 0 Å². The average molecular weight is 388 g/mol. The standard InChI is InChI=1S/C18H20N4O4S/c1-5-26-18(23)11(2)27-16-9-8-15-19-20-17(22(15)21-16)12-6-7-13(24-3)14(10-12)25-4/h6-11H,5H2,1-4H3. The van der Waals surface area contributed by atoms with E-state index in [9.17, 15) is 4.79 Å². The van der Waals surface area contributed by atoms with Crippen LogP contribution in [0.5, 0.6) is 11.5 Å². The number of carbonyl (C=O) groups excluding carboxylic acids is 1. The first kappa shape index (κ1) is 19.0. The third-order valence-electron chi connectivity index (χ3n) is 3.80. The van der Waals surface area contributed by atoms with Crippen molar-refractivity contribution in [1.82, 2.24) is 19.8 Å². The molecule has 1 unspecified atom stereocenters. The maximum Gasteiger partial charge on any atom is 0.319 e. The second-order valence-corrected chi connectivity index (χ2v) is 6.91. The number of ether oxygens (including phenoxy) is 3. The summed E-state index contributed by atoms with van der Waals surface area (Å²) < 4.78 is 17.3. The van der Waals surface area contributed by atoms with Crippen LogP contribution in [0.15, 0.2) is 35.4 Å². The molecule has 27 heavy (non-hydrogen) atoms. The van der Waals surface area contributed by atoms with Gasteiger partial charge in [-0.3, -0.25) is 4.79 Å². The van der Waals surface area contributed by atoms with Crippen molar-refractivity contribution in [2.75, 3.05) is 20.8 Å². The van der Waals surface area contributed by atoms with Gasteiger partial charge in [-0.25, -0.2) is 0 Å². The van der Waals surface area contributed by atoms with Gasteiger partial charge in [0.05, 0.1) is 20.8 Å². The van der Waals surface area contributed by atoms with Gasteiger partial charge in [0.2, 0.25) is 0 Å². The van der Waals surface area contributed by atoms with Crippen LogP contribution >= 0.6 is 11.8 Å². The number of methoxy groups -OCH3 is 2. The summed E-state index contributed by atoms with van der Waals surface area (Å²) >= 11 is 1.32. The van der Waals surface area contributed by atoms with E-state index in [4.69, 9.17) is 14.2 Å². The molecule has 8 nitrogen and oxygen atoms in total. The van der Waals surface area contributed by atoms with Crippen LogP contribution in [0, 0.1) is 0 Å². The van der Waals surface area contributed by atoms with E-state index in [-0.39, 0.29) is 11.2 Å². The predicted octanol–water partition coefficient (Wildman–Crippen LogP) is 2.85. The maximum absolute atomic E-state index is 11.9. The Morgan fingerprint density at radius 2 is 1.93 bits per heavy atom. The molecule has 0 saturated heterocycles. The highest BCUT2D eigenvalue weighted by molar-refractivity contribution is 8.00. The lowest BCUT2D eigenvalue weighted by atomic mass is 10.2. The van der Waals surface area contributed by atoms with Crippen molar-refractivity contribution in [3.63, 3.8) is 0 Å². The Bertz CT molecular complexity index is 960. The molecule has 2 aromatic heterocycles. The third-order valence-corrected chi connectivity index (χ3v) is 4.80. The van der Waals surface area contributed by atoms with Crippen LogP contribution in [0.25, 0.3) is 17.0 Å². The summed E-state index contributed by atoms with van der Waals surface area (Å²) in [5.74, 6) is 1.52. The van der Waals surface area contributed by atoms with Gasteiger partial charge < -0.3 is 14.2 Å². The molecule has 3 rings (SSSR count). The normalized spacial score (nSPS) is 12.0. The van der Waals surface area contributed by atoms with Crippen molar-refractivity contribution < 1.29 is 19.0 Å². The van der Waals surface area contributed by atoms with Gasteiger partial charge in [0, 0.05) is 5.56 Å². The van der Waals surface area contributed by atoms with E-state index >= 15 is 0 Å². The average Bonchev–Trinajstić information content (AvgIpc) is 3.10. The van der Waals surface area contributed by atoms with Crippen LogP contribution in [0.1, 0.15) is 13.8 Å². The van der Waals surface area contributed by atoms with Gasteiger partial charge in [0.25, 0.3) is 0 Å². The van der Waals surface area contributed by atoms with Crippen LogP contribution in [0.2, 0.25) is 0 Å². The highest BCUT2D eigenvalue weighted by atomic mass is 32.2. The summed E-state index contributed by atoms with van der Waals surface area (Å²) in [6, 6.07) is 9.10. The van der Waals surface area contributed by atoms with E-state index in [1.54, 1.807) is 38.6 Å². The second-order valence-electron chi connectivity index (χ2n) is 5.55. The molecular weight excluding hydrogens is 368 g/mol. The number of aromatic nitrogens is 4. The molecule has 0 fully saturated rings. The van der Waals surface area contributed by atoms with E-state index in [1.165, 1.54) is 11.8 Å². The lowest BCUT2D eigenvalue weighted by Crippen LogP contribution is -2.17. The molecule has 142 valence electrons. The summed E-state index contributed by atoms with van der Waals surface area (Å²) in [7, 11) is 3.16. The smallest absolute Gasteiger partial charge is 0.319 e. The number of thioether (sulfide) groups is 1. The number of hydrogen-bond acceptors (Lipinski definition) is 8. The summed E-state index contributed by atoms with van der Waals surface area (Å²) in [4.78, 5) is 11.9. The summed E-state index contributed by atoms with van der Waals surface area (Å²) in [5, 5.41) is 13.3. The number of fused-ring (bicyclic) bond motifs is 1. The van der Waals surface area contributed by atoms with E-state index in [2.05, 4.69) is 15.3 Å². The number of rotatable bonds is 7. The number of esters is 1. The molecule has 2 heterocycles. The highest BCUT2D eigenvalue weighted by Gasteiger charge is 2.18. The van der Waals surface area contributed by atoms with Crippen molar-refractivity contribution >= 4 is 23.4 Å². The Balaban J connectivity index is 1.95. The number of nitrogens with zero attached hydrogens (tertiary/aromatic N) is 4. The fraction of sp³-hybridized carbons (Fsp3) is 0.333. The lowest BCUT2D eigenvalue weighted by molar-refractivity contribution is -0.142. The molecule has 0 aliphatic carbocycles. The molecule has 0 N–H and O–H groups in total. The van der Waals surface area contributed by atoms with Crippen molar-refractivity contribution in [2.45, 2.75) is 24.1 Å². The van der Waals surface area contributed by atoms with Crippen molar-refractivity contribution in [3.8, 4) is 22.9 Å². The molecule has 0 aliphatic rings. The van der Waals surface area contributed by atoms with Crippen molar-refractivity contribution in [1.29, 1.82) is 0 Å². The Hall–Kier alpha value is -2.81. The predicted molar refractivity (Wildman–Crippen MR) is 101 cm³/mol. The molecule has 9 heteroatoms. The van der Waals surface area contributed by atoms with Crippen LogP contribution in [0.4, 0.5) is 0 Å². The molecule has 1 atom stereocenters. The van der Waals surface area contributed by atoms with E-state index < -0.39 is 0 Å². The topological polar surface area (TPSA) is 87.8 Å². The van der Waals surface area contributed by atoms with Gasteiger partial charge in [-0.2, -0.15) is 9.61 Å². The number of hydrogen-bond donors (Lipinski definition) is 0. The Labute approximate surface area is 160 Å². The van der Waals surface area contributed by atoms with Gasteiger partial charge >= 0.3 is 5.97 Å². The van der Waals surface area contributed by atoms with E-state index in [0.29, 0.717) is 34.6 Å². The Morgan fingerprint density at radius 3 is 2.63 bits per heavy atom. The molecule has 0 amide bonds. The molecule has 0 radical (unpaired) electrons. The first-order chi connectivity index (χ1) is 13.1. The minimum Gasteiger partial charge on any atom is -0.493 e. The quantitative estimate of drug-likeness (QED) is 0.451. The van der Waals surface area contributed by atoms with Gasteiger partial charge in [-0.15, -0.1) is 10.2 Å². The maximum atomic E-state index is 11.9. The number of benzene rings is 1. The Morgan fingerprint density at radius 1 is 1.15 bits per heavy atom. The lowest BCUT2D eigenvalue weighted by Gasteiger charge is -2.10. The first-order valence-electron chi connectivity index (χ1n) is 8.35. The van der Waals surface area contributed by atoms with Crippen LogP contribution < -0.4 is 9.47 Å². The summed E-state index contributed by atoms with van der Waals surface area (Å²) in [6.45, 7) is 3.92. The Kier molecular flexibility index (Phi) is 5.80. The van der Waals surface area contributed by atoms with Gasteiger partial charge in [0.15, 0.2) is 23.0 Å². The van der Waals surface area contributed by atoms with Crippen LogP contribution in [-0.4, -0.2) is 51.9 Å². The minimum absolute atomic E-state index is 0.270. The second kappa shape index (κ2) is 8.26. The van der Waals surface area contributed by atoms with Crippen molar-refractivity contribution in [2.24, 2.45) is 0 Å². The zero-order valence-electron chi connectivity index (χ0n) is 15.5. The first-order valence-corrected chi connectivity index (χ1v) is 9.23. The van der Waals surface area contributed by atoms with E-state index in [1.807, 2.05) is 24.3 Å². The molecule has 0 saturated carbocycles. The minimum atomic E-state index is -0.365. The highest BCUT2D eigenvalue weighted by Crippen LogP contribution is 2.32. The summed E-state index contributed by atoms with van der Waals surface area (Å²) in [6.07, 6.45) is 0. The molecule has 0 spiro atoms. The van der Waals surface area contributed by atoms with Crippen molar-refractivity contribution in [3.05, 3.63) is 30.3 Å². The van der Waals surface area contributed by atoms with Gasteiger partial charge in [-0.1, -0.05) is 11.8 Å². The molecular formula is C18H20N4O4S. The molecule has 3 aromatic rings. The van der Waals surface area contributed by atoms with Gasteiger partial charge in [-0.05, 0) is 44.2 Å². The fourth-order valence-corrected chi connectivity index (χ4v) is 3.28. The van der Waals surface area contributed by atoms with Gasteiger partial charge in [0.1, 0.15) is 10.3 Å². The largest absolute Gasteiger partial charge is 0.493 e. The monoisotopic (exact) mass is 388 g/mol. The summed E-state index contributed by atoms with van der Waals surface area (Å²) in [5.41, 5.74) is 1.39. The van der Waals surface area contributed by atoms with E-state index in [0.717, 1.165) is 5.56 Å². The molecule has 1 aromatic carbocycles.